The van der Waals surface area contributed by atoms with Crippen LogP contribution in [0.1, 0.15) is 11.3 Å². The van der Waals surface area contributed by atoms with Crippen LogP contribution in [0.3, 0.4) is 0 Å². The second-order valence-corrected chi connectivity index (χ2v) is 4.49. The number of hydrogen-bond acceptors (Lipinski definition) is 3. The minimum absolute atomic E-state index is 0.733. The lowest BCUT2D eigenvalue weighted by atomic mass is 10.2. The van der Waals surface area contributed by atoms with E-state index in [2.05, 4.69) is 42.8 Å². The molecule has 1 heterocycles. The van der Waals surface area contributed by atoms with Gasteiger partial charge in [0.05, 0.1) is 12.8 Å². The molecule has 0 fully saturated rings. The zero-order valence-electron chi connectivity index (χ0n) is 9.49. The fourth-order valence-electron chi connectivity index (χ4n) is 1.50. The molecule has 0 saturated carbocycles. The molecule has 1 aromatic heterocycles. The standard InChI is InChI=1S/C13H15NOS/c1-10-6-7-15-13(10)9-14-11-4-3-5-12(8-11)16-2/h3-8,14H,9H2,1-2H3. The highest BCUT2D eigenvalue weighted by atomic mass is 32.2. The highest BCUT2D eigenvalue weighted by molar-refractivity contribution is 7.98. The van der Waals surface area contributed by atoms with E-state index in [0.29, 0.717) is 0 Å². The van der Waals surface area contributed by atoms with Gasteiger partial charge in [-0.3, -0.25) is 0 Å². The lowest BCUT2D eigenvalue weighted by molar-refractivity contribution is 0.515. The molecular formula is C13H15NOS. The monoisotopic (exact) mass is 233 g/mol. The van der Waals surface area contributed by atoms with Gasteiger partial charge in [-0.25, -0.2) is 0 Å². The summed E-state index contributed by atoms with van der Waals surface area (Å²) in [6.45, 7) is 2.79. The van der Waals surface area contributed by atoms with E-state index in [1.54, 1.807) is 18.0 Å². The van der Waals surface area contributed by atoms with Crippen LogP contribution < -0.4 is 5.32 Å². The van der Waals surface area contributed by atoms with Crippen molar-refractivity contribution < 1.29 is 4.42 Å². The Morgan fingerprint density at radius 1 is 1.31 bits per heavy atom. The van der Waals surface area contributed by atoms with Crippen molar-refractivity contribution in [3.63, 3.8) is 0 Å². The summed E-state index contributed by atoms with van der Waals surface area (Å²) in [5.41, 5.74) is 2.32. The Balaban J connectivity index is 2.02. The van der Waals surface area contributed by atoms with Crippen LogP contribution in [0.5, 0.6) is 0 Å². The third-order valence-corrected chi connectivity index (χ3v) is 3.22. The van der Waals surface area contributed by atoms with Gasteiger partial charge in [0.15, 0.2) is 0 Å². The Bertz CT molecular complexity index is 464. The van der Waals surface area contributed by atoms with Crippen molar-refractivity contribution in [2.45, 2.75) is 18.4 Å². The highest BCUT2D eigenvalue weighted by Crippen LogP contribution is 2.20. The molecule has 0 radical (unpaired) electrons. The van der Waals surface area contributed by atoms with E-state index in [-0.39, 0.29) is 0 Å². The molecule has 0 unspecified atom stereocenters. The maximum atomic E-state index is 5.37. The van der Waals surface area contributed by atoms with E-state index < -0.39 is 0 Å². The maximum Gasteiger partial charge on any atom is 0.125 e. The number of hydrogen-bond donors (Lipinski definition) is 1. The first-order valence-corrected chi connectivity index (χ1v) is 6.43. The number of furan rings is 1. The van der Waals surface area contributed by atoms with Gasteiger partial charge in [0.2, 0.25) is 0 Å². The zero-order chi connectivity index (χ0) is 11.4. The van der Waals surface area contributed by atoms with Crippen LogP contribution in [0.2, 0.25) is 0 Å². The van der Waals surface area contributed by atoms with Crippen LogP contribution in [0.25, 0.3) is 0 Å². The minimum Gasteiger partial charge on any atom is -0.467 e. The van der Waals surface area contributed by atoms with Crippen LogP contribution in [-0.4, -0.2) is 6.26 Å². The topological polar surface area (TPSA) is 25.2 Å². The summed E-state index contributed by atoms with van der Waals surface area (Å²) < 4.78 is 5.37. The van der Waals surface area contributed by atoms with Gasteiger partial charge in [0.25, 0.3) is 0 Å². The van der Waals surface area contributed by atoms with Gasteiger partial charge in [-0.2, -0.15) is 0 Å². The third-order valence-electron chi connectivity index (χ3n) is 2.49. The summed E-state index contributed by atoms with van der Waals surface area (Å²) in [6.07, 6.45) is 3.81. The van der Waals surface area contributed by atoms with E-state index in [4.69, 9.17) is 4.42 Å². The number of anilines is 1. The number of benzene rings is 1. The number of thioether (sulfide) groups is 1. The van der Waals surface area contributed by atoms with Crippen LogP contribution in [0.15, 0.2) is 45.9 Å². The normalized spacial score (nSPS) is 10.4. The van der Waals surface area contributed by atoms with Gasteiger partial charge in [0, 0.05) is 10.6 Å². The first-order valence-electron chi connectivity index (χ1n) is 5.20. The first-order chi connectivity index (χ1) is 7.79. The molecule has 2 rings (SSSR count). The molecule has 1 aromatic carbocycles. The van der Waals surface area contributed by atoms with E-state index in [1.807, 2.05) is 6.07 Å². The van der Waals surface area contributed by atoms with Gasteiger partial charge in [-0.15, -0.1) is 11.8 Å². The predicted octanol–water partition coefficient (Wildman–Crippen LogP) is 3.92. The quantitative estimate of drug-likeness (QED) is 0.810. The average Bonchev–Trinajstić information content (AvgIpc) is 2.72. The van der Waals surface area contributed by atoms with Crippen molar-refractivity contribution in [3.8, 4) is 0 Å². The summed E-state index contributed by atoms with van der Waals surface area (Å²) in [4.78, 5) is 1.26. The smallest absolute Gasteiger partial charge is 0.125 e. The minimum atomic E-state index is 0.733. The lowest BCUT2D eigenvalue weighted by Crippen LogP contribution is -1.99. The molecule has 0 aliphatic carbocycles. The highest BCUT2D eigenvalue weighted by Gasteiger charge is 2.01. The lowest BCUT2D eigenvalue weighted by Gasteiger charge is -2.06. The van der Waals surface area contributed by atoms with E-state index in [0.717, 1.165) is 18.0 Å². The van der Waals surface area contributed by atoms with E-state index >= 15 is 0 Å². The van der Waals surface area contributed by atoms with Crippen LogP contribution in [0, 0.1) is 6.92 Å². The van der Waals surface area contributed by atoms with Crippen molar-refractivity contribution in [1.82, 2.24) is 0 Å². The van der Waals surface area contributed by atoms with E-state index in [1.165, 1.54) is 10.5 Å². The predicted molar refractivity (Wildman–Crippen MR) is 69.0 cm³/mol. The van der Waals surface area contributed by atoms with Gasteiger partial charge in [-0.1, -0.05) is 6.07 Å². The maximum absolute atomic E-state index is 5.37. The summed E-state index contributed by atoms with van der Waals surface area (Å²) in [6, 6.07) is 10.4. The fraction of sp³-hybridized carbons (Fsp3) is 0.231. The molecule has 84 valence electrons. The fourth-order valence-corrected chi connectivity index (χ4v) is 1.96. The molecule has 0 bridgehead atoms. The summed E-state index contributed by atoms with van der Waals surface area (Å²) >= 11 is 1.75. The Kier molecular flexibility index (Phi) is 3.57. The van der Waals surface area contributed by atoms with E-state index in [9.17, 15) is 0 Å². The van der Waals surface area contributed by atoms with Crippen molar-refractivity contribution in [1.29, 1.82) is 0 Å². The van der Waals surface area contributed by atoms with Crippen LogP contribution in [-0.2, 0) is 6.54 Å². The van der Waals surface area contributed by atoms with Gasteiger partial charge < -0.3 is 9.73 Å². The molecule has 0 aliphatic heterocycles. The molecule has 3 heteroatoms. The molecule has 0 atom stereocenters. The largest absolute Gasteiger partial charge is 0.467 e. The molecular weight excluding hydrogens is 218 g/mol. The number of nitrogens with one attached hydrogen (secondary N) is 1. The molecule has 2 nitrogen and oxygen atoms in total. The second-order valence-electron chi connectivity index (χ2n) is 3.61. The van der Waals surface area contributed by atoms with Crippen LogP contribution >= 0.6 is 11.8 Å². The molecule has 0 spiro atoms. The zero-order valence-corrected chi connectivity index (χ0v) is 10.3. The Labute approximate surface area is 100 Å². The van der Waals surface area contributed by atoms with Crippen LogP contribution in [0.4, 0.5) is 5.69 Å². The summed E-state index contributed by atoms with van der Waals surface area (Å²) in [5.74, 6) is 0.995. The summed E-state index contributed by atoms with van der Waals surface area (Å²) in [5, 5.41) is 3.36. The SMILES string of the molecule is CSc1cccc(NCc2occc2C)c1. The third kappa shape index (κ3) is 2.61. The summed E-state index contributed by atoms with van der Waals surface area (Å²) in [7, 11) is 0. The first kappa shape index (κ1) is 11.1. The number of aryl methyl sites for hydroxylation is 1. The number of rotatable bonds is 4. The Hall–Kier alpha value is -1.35. The molecule has 16 heavy (non-hydrogen) atoms. The molecule has 0 aliphatic rings. The van der Waals surface area contributed by atoms with Gasteiger partial charge in [0.1, 0.15) is 5.76 Å². The van der Waals surface area contributed by atoms with Gasteiger partial charge >= 0.3 is 0 Å². The average molecular weight is 233 g/mol. The molecule has 0 amide bonds. The molecule has 2 aromatic rings. The van der Waals surface area contributed by atoms with Crippen molar-refractivity contribution in [3.05, 3.63) is 47.9 Å². The van der Waals surface area contributed by atoms with Gasteiger partial charge in [-0.05, 0) is 43.0 Å². The van der Waals surface area contributed by atoms with Crippen molar-refractivity contribution in [2.75, 3.05) is 11.6 Å². The molecule has 1 N–H and O–H groups in total. The second kappa shape index (κ2) is 5.12. The van der Waals surface area contributed by atoms with Crippen molar-refractivity contribution in [2.24, 2.45) is 0 Å². The Morgan fingerprint density at radius 2 is 2.19 bits per heavy atom. The van der Waals surface area contributed by atoms with Crippen molar-refractivity contribution >= 4 is 17.4 Å². The molecule has 0 saturated heterocycles. The Morgan fingerprint density at radius 3 is 2.88 bits per heavy atom.